The van der Waals surface area contributed by atoms with Crippen molar-refractivity contribution >= 4 is 22.6 Å². The Morgan fingerprint density at radius 2 is 2.00 bits per heavy atom. The van der Waals surface area contributed by atoms with Crippen molar-refractivity contribution in [3.05, 3.63) is 21.7 Å². The van der Waals surface area contributed by atoms with Gasteiger partial charge in [-0.15, -0.1) is 0 Å². The van der Waals surface area contributed by atoms with Crippen molar-refractivity contribution in [2.75, 3.05) is 0 Å². The molecule has 2 nitrogen and oxygen atoms in total. The molecule has 0 unspecified atom stereocenters. The maximum absolute atomic E-state index is 5.57. The van der Waals surface area contributed by atoms with E-state index in [1.54, 1.807) is 0 Å². The molecule has 1 aromatic heterocycles. The Bertz CT molecular complexity index is 329. The minimum atomic E-state index is 0.607. The minimum absolute atomic E-state index is 0.607. The highest BCUT2D eigenvalue weighted by molar-refractivity contribution is 14.1. The van der Waals surface area contributed by atoms with Crippen LogP contribution in [0.2, 0.25) is 0 Å². The van der Waals surface area contributed by atoms with Crippen molar-refractivity contribution in [2.45, 2.75) is 58.0 Å². The molecule has 0 radical (unpaired) electrons. The summed E-state index contributed by atoms with van der Waals surface area (Å²) in [6, 6.07) is 4.69. The van der Waals surface area contributed by atoms with Crippen LogP contribution in [0.4, 0.5) is 0 Å². The van der Waals surface area contributed by atoms with E-state index in [0.29, 0.717) is 6.04 Å². The van der Waals surface area contributed by atoms with Gasteiger partial charge in [0.05, 0.1) is 6.54 Å². The van der Waals surface area contributed by atoms with Crippen LogP contribution in [0, 0.1) is 9.68 Å². The summed E-state index contributed by atoms with van der Waals surface area (Å²) in [5, 5.41) is 3.61. The summed E-state index contributed by atoms with van der Waals surface area (Å²) < 4.78 is 6.54. The van der Waals surface area contributed by atoms with Crippen LogP contribution in [0.5, 0.6) is 0 Å². The van der Waals surface area contributed by atoms with Crippen LogP contribution >= 0.6 is 22.6 Å². The molecule has 0 spiro atoms. The maximum Gasteiger partial charge on any atom is 0.164 e. The van der Waals surface area contributed by atoms with Crippen molar-refractivity contribution in [2.24, 2.45) is 5.92 Å². The first kappa shape index (κ1) is 13.4. The van der Waals surface area contributed by atoms with E-state index in [9.17, 15) is 0 Å². The zero-order valence-corrected chi connectivity index (χ0v) is 12.7. The molecule has 1 aliphatic rings. The van der Waals surface area contributed by atoms with E-state index in [-0.39, 0.29) is 0 Å². The number of nitrogens with one attached hydrogen (secondary N) is 1. The zero-order chi connectivity index (χ0) is 12.1. The predicted molar refractivity (Wildman–Crippen MR) is 78.9 cm³/mol. The first-order valence-corrected chi connectivity index (χ1v) is 7.81. The Labute approximate surface area is 118 Å². The van der Waals surface area contributed by atoms with Crippen LogP contribution < -0.4 is 5.32 Å². The van der Waals surface area contributed by atoms with Gasteiger partial charge in [-0.1, -0.05) is 25.7 Å². The standard InChI is InChI=1S/C14H22INO/c1-11(12-6-4-2-3-5-7-12)16-10-13-8-9-14(15)17-13/h8-9,11-12,16H,2-7,10H2,1H3/t11-/m0/s1. The fourth-order valence-electron chi connectivity index (χ4n) is 2.69. The van der Waals surface area contributed by atoms with Gasteiger partial charge in [0.25, 0.3) is 0 Å². The molecule has 0 saturated heterocycles. The molecule has 0 aromatic carbocycles. The Kier molecular flexibility index (Phi) is 5.35. The molecular weight excluding hydrogens is 325 g/mol. The molecule has 1 fully saturated rings. The van der Waals surface area contributed by atoms with Crippen molar-refractivity contribution < 1.29 is 4.42 Å². The van der Waals surface area contributed by atoms with Gasteiger partial charge < -0.3 is 9.73 Å². The summed E-state index contributed by atoms with van der Waals surface area (Å²) in [5.41, 5.74) is 0. The summed E-state index contributed by atoms with van der Waals surface area (Å²) in [7, 11) is 0. The molecule has 96 valence electrons. The largest absolute Gasteiger partial charge is 0.454 e. The highest BCUT2D eigenvalue weighted by atomic mass is 127. The van der Waals surface area contributed by atoms with Gasteiger partial charge >= 0.3 is 0 Å². The monoisotopic (exact) mass is 347 g/mol. The van der Waals surface area contributed by atoms with Crippen LogP contribution in [-0.4, -0.2) is 6.04 Å². The van der Waals surface area contributed by atoms with Crippen molar-refractivity contribution in [1.82, 2.24) is 5.32 Å². The molecule has 17 heavy (non-hydrogen) atoms. The lowest BCUT2D eigenvalue weighted by Gasteiger charge is -2.23. The molecule has 2 rings (SSSR count). The number of hydrogen-bond donors (Lipinski definition) is 1. The average Bonchev–Trinajstić information content (AvgIpc) is 2.58. The number of furan rings is 1. The van der Waals surface area contributed by atoms with Crippen LogP contribution in [0.1, 0.15) is 51.2 Å². The van der Waals surface area contributed by atoms with Crippen LogP contribution in [0.15, 0.2) is 16.5 Å². The molecule has 0 amide bonds. The quantitative estimate of drug-likeness (QED) is 0.648. The van der Waals surface area contributed by atoms with Gasteiger partial charge in [0.15, 0.2) is 3.77 Å². The molecule has 1 saturated carbocycles. The Balaban J connectivity index is 1.77. The first-order chi connectivity index (χ1) is 8.25. The van der Waals surface area contributed by atoms with Crippen LogP contribution in [-0.2, 0) is 6.54 Å². The molecule has 0 aliphatic heterocycles. The van der Waals surface area contributed by atoms with E-state index >= 15 is 0 Å². The second-order valence-corrected chi connectivity index (χ2v) is 6.19. The van der Waals surface area contributed by atoms with E-state index in [2.05, 4.69) is 40.9 Å². The minimum Gasteiger partial charge on any atom is -0.454 e. The molecular formula is C14H22INO. The Morgan fingerprint density at radius 1 is 1.29 bits per heavy atom. The molecule has 1 N–H and O–H groups in total. The molecule has 1 atom stereocenters. The van der Waals surface area contributed by atoms with Crippen molar-refractivity contribution in [1.29, 1.82) is 0 Å². The van der Waals surface area contributed by atoms with E-state index in [1.807, 2.05) is 6.07 Å². The molecule has 1 heterocycles. The van der Waals surface area contributed by atoms with E-state index in [1.165, 1.54) is 38.5 Å². The predicted octanol–water partition coefficient (Wildman–Crippen LogP) is 4.33. The summed E-state index contributed by atoms with van der Waals surface area (Å²) >= 11 is 2.21. The first-order valence-electron chi connectivity index (χ1n) is 6.73. The van der Waals surface area contributed by atoms with Gasteiger partial charge in [0, 0.05) is 6.04 Å². The van der Waals surface area contributed by atoms with Gasteiger partial charge in [0.2, 0.25) is 0 Å². The lowest BCUT2D eigenvalue weighted by Crippen LogP contribution is -2.32. The smallest absolute Gasteiger partial charge is 0.164 e. The average molecular weight is 347 g/mol. The van der Waals surface area contributed by atoms with Gasteiger partial charge in [-0.2, -0.15) is 0 Å². The second kappa shape index (κ2) is 6.78. The number of hydrogen-bond acceptors (Lipinski definition) is 2. The number of halogens is 1. The lowest BCUT2D eigenvalue weighted by atomic mass is 9.93. The highest BCUT2D eigenvalue weighted by Gasteiger charge is 2.18. The van der Waals surface area contributed by atoms with E-state index in [4.69, 9.17) is 4.42 Å². The Hall–Kier alpha value is -0.0300. The topological polar surface area (TPSA) is 25.2 Å². The molecule has 3 heteroatoms. The van der Waals surface area contributed by atoms with Gasteiger partial charge in [-0.25, -0.2) is 0 Å². The molecule has 0 bridgehead atoms. The highest BCUT2D eigenvalue weighted by Crippen LogP contribution is 2.25. The van der Waals surface area contributed by atoms with Crippen LogP contribution in [0.3, 0.4) is 0 Å². The zero-order valence-electron chi connectivity index (χ0n) is 10.5. The van der Waals surface area contributed by atoms with Gasteiger partial charge in [0.1, 0.15) is 5.76 Å². The van der Waals surface area contributed by atoms with E-state index < -0.39 is 0 Å². The van der Waals surface area contributed by atoms with Crippen molar-refractivity contribution in [3.8, 4) is 0 Å². The fraction of sp³-hybridized carbons (Fsp3) is 0.714. The molecule has 1 aliphatic carbocycles. The summed E-state index contributed by atoms with van der Waals surface area (Å²) in [5.74, 6) is 1.90. The normalized spacial score (nSPS) is 20.1. The second-order valence-electron chi connectivity index (χ2n) is 5.13. The van der Waals surface area contributed by atoms with Crippen molar-refractivity contribution in [3.63, 3.8) is 0 Å². The summed E-state index contributed by atoms with van der Waals surface area (Å²) in [6.45, 7) is 3.19. The Morgan fingerprint density at radius 3 is 2.59 bits per heavy atom. The maximum atomic E-state index is 5.57. The third kappa shape index (κ3) is 4.28. The molecule has 1 aromatic rings. The SMILES string of the molecule is C[C@H](NCc1ccc(I)o1)C1CCCCCC1. The lowest BCUT2D eigenvalue weighted by molar-refractivity contribution is 0.325. The van der Waals surface area contributed by atoms with Crippen LogP contribution in [0.25, 0.3) is 0 Å². The van der Waals surface area contributed by atoms with Gasteiger partial charge in [-0.05, 0) is 60.4 Å². The third-order valence-corrected chi connectivity index (χ3v) is 4.41. The van der Waals surface area contributed by atoms with Gasteiger partial charge in [-0.3, -0.25) is 0 Å². The number of rotatable bonds is 4. The summed E-state index contributed by atoms with van der Waals surface area (Å²) in [6.07, 6.45) is 8.47. The third-order valence-electron chi connectivity index (χ3n) is 3.83. The fourth-order valence-corrected chi connectivity index (χ4v) is 3.15. The summed E-state index contributed by atoms with van der Waals surface area (Å²) in [4.78, 5) is 0. The van der Waals surface area contributed by atoms with E-state index in [0.717, 1.165) is 22.0 Å².